The Morgan fingerprint density at radius 2 is 2.00 bits per heavy atom. The number of oxazole rings is 1. The summed E-state index contributed by atoms with van der Waals surface area (Å²) < 4.78 is 11.1. The second-order valence-corrected chi connectivity index (χ2v) is 7.37. The summed E-state index contributed by atoms with van der Waals surface area (Å²) in [5, 5.41) is 12.6. The van der Waals surface area contributed by atoms with Gasteiger partial charge in [0.2, 0.25) is 17.5 Å². The lowest BCUT2D eigenvalue weighted by molar-refractivity contribution is -0.126. The number of piperidine rings is 1. The van der Waals surface area contributed by atoms with Crippen LogP contribution in [0.4, 0.5) is 5.88 Å². The maximum absolute atomic E-state index is 12.6. The van der Waals surface area contributed by atoms with Gasteiger partial charge in [0.25, 0.3) is 5.89 Å². The third kappa shape index (κ3) is 3.85. The first-order valence-corrected chi connectivity index (χ1v) is 9.74. The molecule has 0 bridgehead atoms. The number of nitrogens with one attached hydrogen (secondary N) is 1. The highest BCUT2D eigenvalue weighted by molar-refractivity contribution is 5.79. The zero-order chi connectivity index (χ0) is 18.6. The Kier molecular flexibility index (Phi) is 5.14. The van der Waals surface area contributed by atoms with E-state index in [4.69, 9.17) is 8.83 Å². The normalized spacial score (nSPS) is 19.0. The van der Waals surface area contributed by atoms with Crippen molar-refractivity contribution in [1.29, 1.82) is 5.26 Å². The lowest BCUT2D eigenvalue weighted by atomic mass is 9.92. The van der Waals surface area contributed by atoms with Gasteiger partial charge in [-0.3, -0.25) is 4.79 Å². The summed E-state index contributed by atoms with van der Waals surface area (Å²) in [6, 6.07) is 5.94. The van der Waals surface area contributed by atoms with Crippen molar-refractivity contribution in [1.82, 2.24) is 10.3 Å². The summed E-state index contributed by atoms with van der Waals surface area (Å²) in [6.07, 6.45) is 8.95. The van der Waals surface area contributed by atoms with Gasteiger partial charge in [0.1, 0.15) is 6.07 Å². The van der Waals surface area contributed by atoms with Crippen molar-refractivity contribution in [3.8, 4) is 17.7 Å². The van der Waals surface area contributed by atoms with Gasteiger partial charge >= 0.3 is 0 Å². The quantitative estimate of drug-likeness (QED) is 0.888. The van der Waals surface area contributed by atoms with Crippen LogP contribution in [0, 0.1) is 17.2 Å². The Labute approximate surface area is 158 Å². The first-order valence-electron chi connectivity index (χ1n) is 9.74. The number of rotatable bonds is 4. The average Bonchev–Trinajstić information content (AvgIpc) is 3.38. The molecule has 2 fully saturated rings. The summed E-state index contributed by atoms with van der Waals surface area (Å²) >= 11 is 0. The molecule has 1 aliphatic carbocycles. The Morgan fingerprint density at radius 1 is 1.22 bits per heavy atom. The maximum Gasteiger partial charge on any atom is 0.266 e. The second-order valence-electron chi connectivity index (χ2n) is 7.37. The molecule has 0 atom stereocenters. The van der Waals surface area contributed by atoms with Gasteiger partial charge in [-0.15, -0.1) is 0 Å². The van der Waals surface area contributed by atoms with Gasteiger partial charge in [-0.2, -0.15) is 10.2 Å². The van der Waals surface area contributed by atoms with Gasteiger partial charge in [-0.25, -0.2) is 0 Å². The van der Waals surface area contributed by atoms with E-state index >= 15 is 0 Å². The fourth-order valence-electron chi connectivity index (χ4n) is 4.02. The van der Waals surface area contributed by atoms with Gasteiger partial charge in [0, 0.05) is 25.0 Å². The minimum atomic E-state index is 0.0289. The monoisotopic (exact) mass is 368 g/mol. The molecule has 2 aliphatic rings. The third-order valence-corrected chi connectivity index (χ3v) is 5.55. The number of carbonyl (C=O) groups is 1. The molecule has 0 spiro atoms. The number of carbonyl (C=O) groups excluding carboxylic acids is 1. The summed E-state index contributed by atoms with van der Waals surface area (Å²) in [4.78, 5) is 18.8. The fraction of sp³-hybridized carbons (Fsp3) is 0.550. The third-order valence-electron chi connectivity index (χ3n) is 5.55. The first kappa shape index (κ1) is 17.7. The number of nitriles is 1. The molecule has 2 aromatic rings. The van der Waals surface area contributed by atoms with Crippen molar-refractivity contribution in [2.75, 3.05) is 18.0 Å². The molecule has 1 saturated heterocycles. The van der Waals surface area contributed by atoms with E-state index in [1.165, 1.54) is 19.3 Å². The van der Waals surface area contributed by atoms with Crippen LogP contribution in [0.3, 0.4) is 0 Å². The molecule has 1 amide bonds. The number of anilines is 1. The largest absolute Gasteiger partial charge is 0.459 e. The van der Waals surface area contributed by atoms with E-state index in [0.29, 0.717) is 36.7 Å². The second kappa shape index (κ2) is 7.87. The Bertz CT molecular complexity index is 807. The van der Waals surface area contributed by atoms with E-state index in [2.05, 4.69) is 16.4 Å². The molecular formula is C20H24N4O3. The highest BCUT2D eigenvalue weighted by Gasteiger charge is 2.30. The lowest BCUT2D eigenvalue weighted by Crippen LogP contribution is -2.44. The fourth-order valence-corrected chi connectivity index (χ4v) is 4.02. The SMILES string of the molecule is N#Cc1nc(-c2ccco2)oc1N1CCC(C(=O)NC2CCCCC2)CC1. The van der Waals surface area contributed by atoms with Crippen LogP contribution >= 0.6 is 0 Å². The van der Waals surface area contributed by atoms with Crippen LogP contribution in [0.5, 0.6) is 0 Å². The Morgan fingerprint density at radius 3 is 2.67 bits per heavy atom. The van der Waals surface area contributed by atoms with Gasteiger partial charge in [-0.05, 0) is 37.8 Å². The van der Waals surface area contributed by atoms with Crippen LogP contribution in [0.25, 0.3) is 11.7 Å². The Balaban J connectivity index is 1.38. The van der Waals surface area contributed by atoms with E-state index in [1.807, 2.05) is 4.90 Å². The zero-order valence-corrected chi connectivity index (χ0v) is 15.3. The van der Waals surface area contributed by atoms with Crippen molar-refractivity contribution >= 4 is 11.8 Å². The standard InChI is InChI=1S/C20H24N4O3/c21-13-16-20(27-19(23-16)17-7-4-12-26-17)24-10-8-14(9-11-24)18(25)22-15-5-2-1-3-6-15/h4,7,12,14-15H,1-3,5-6,8-11H2,(H,22,25). The molecule has 4 rings (SSSR count). The van der Waals surface area contributed by atoms with Crippen molar-refractivity contribution in [2.45, 2.75) is 51.0 Å². The number of furan rings is 1. The number of aromatic nitrogens is 1. The van der Waals surface area contributed by atoms with Crippen LogP contribution in [0.15, 0.2) is 27.2 Å². The maximum atomic E-state index is 12.6. The smallest absolute Gasteiger partial charge is 0.266 e. The molecule has 0 aromatic carbocycles. The molecule has 7 heteroatoms. The molecule has 142 valence electrons. The molecule has 0 radical (unpaired) electrons. The zero-order valence-electron chi connectivity index (χ0n) is 15.3. The van der Waals surface area contributed by atoms with Gasteiger partial charge < -0.3 is 19.1 Å². The Hall–Kier alpha value is -2.75. The molecule has 1 saturated carbocycles. The van der Waals surface area contributed by atoms with E-state index in [-0.39, 0.29) is 17.5 Å². The highest BCUT2D eigenvalue weighted by atomic mass is 16.4. The van der Waals surface area contributed by atoms with Crippen LogP contribution < -0.4 is 10.2 Å². The molecule has 27 heavy (non-hydrogen) atoms. The predicted octanol–water partition coefficient (Wildman–Crippen LogP) is 3.47. The van der Waals surface area contributed by atoms with Gasteiger partial charge in [0.05, 0.1) is 6.26 Å². The van der Waals surface area contributed by atoms with Crippen molar-refractivity contribution in [2.24, 2.45) is 5.92 Å². The van der Waals surface area contributed by atoms with Gasteiger partial charge in [-0.1, -0.05) is 19.3 Å². The average molecular weight is 368 g/mol. The summed E-state index contributed by atoms with van der Waals surface area (Å²) in [5.41, 5.74) is 0.256. The predicted molar refractivity (Wildman–Crippen MR) is 98.9 cm³/mol. The molecule has 1 N–H and O–H groups in total. The topological polar surface area (TPSA) is 95.3 Å². The van der Waals surface area contributed by atoms with E-state index in [9.17, 15) is 10.1 Å². The number of amides is 1. The molecule has 2 aromatic heterocycles. The van der Waals surface area contributed by atoms with Crippen LogP contribution in [0.1, 0.15) is 50.6 Å². The van der Waals surface area contributed by atoms with Crippen molar-refractivity contribution < 1.29 is 13.6 Å². The molecule has 3 heterocycles. The van der Waals surface area contributed by atoms with Crippen molar-refractivity contribution in [3.63, 3.8) is 0 Å². The molecule has 0 unspecified atom stereocenters. The molecular weight excluding hydrogens is 344 g/mol. The van der Waals surface area contributed by atoms with Gasteiger partial charge in [0.15, 0.2) is 5.76 Å². The van der Waals surface area contributed by atoms with E-state index < -0.39 is 0 Å². The first-order chi connectivity index (χ1) is 13.2. The molecule has 1 aliphatic heterocycles. The minimum Gasteiger partial charge on any atom is -0.459 e. The van der Waals surface area contributed by atoms with Crippen molar-refractivity contribution in [3.05, 3.63) is 24.1 Å². The number of hydrogen-bond donors (Lipinski definition) is 1. The molecule has 7 nitrogen and oxygen atoms in total. The number of hydrogen-bond acceptors (Lipinski definition) is 6. The summed E-state index contributed by atoms with van der Waals surface area (Å²) in [7, 11) is 0. The number of nitrogens with zero attached hydrogens (tertiary/aromatic N) is 3. The van der Waals surface area contributed by atoms with Crippen LogP contribution in [0.2, 0.25) is 0 Å². The summed E-state index contributed by atoms with van der Waals surface area (Å²) in [5.74, 6) is 1.48. The lowest BCUT2D eigenvalue weighted by Gasteiger charge is -2.32. The van der Waals surface area contributed by atoms with E-state index in [0.717, 1.165) is 25.7 Å². The van der Waals surface area contributed by atoms with E-state index in [1.54, 1.807) is 18.4 Å². The van der Waals surface area contributed by atoms with Crippen LogP contribution in [-0.4, -0.2) is 30.0 Å². The van der Waals surface area contributed by atoms with Crippen LogP contribution in [-0.2, 0) is 4.79 Å². The minimum absolute atomic E-state index is 0.0289. The highest BCUT2D eigenvalue weighted by Crippen LogP contribution is 2.31. The summed E-state index contributed by atoms with van der Waals surface area (Å²) in [6.45, 7) is 1.34.